The first-order valence-corrected chi connectivity index (χ1v) is 13.8. The van der Waals surface area contributed by atoms with E-state index < -0.39 is 4.92 Å². The van der Waals surface area contributed by atoms with Crippen molar-refractivity contribution in [1.82, 2.24) is 5.32 Å². The minimum atomic E-state index is -0.397. The van der Waals surface area contributed by atoms with Gasteiger partial charge in [-0.05, 0) is 67.3 Å². The van der Waals surface area contributed by atoms with E-state index in [1.54, 1.807) is 61.1 Å². The normalized spacial score (nSPS) is 15.4. The third-order valence-electron chi connectivity index (χ3n) is 7.33. The van der Waals surface area contributed by atoms with Crippen LogP contribution in [0.3, 0.4) is 0 Å². The maximum Gasteiger partial charge on any atom is 0.273 e. The first-order valence-electron chi connectivity index (χ1n) is 12.9. The summed E-state index contributed by atoms with van der Waals surface area (Å²) in [5.41, 5.74) is 3.13. The zero-order chi connectivity index (χ0) is 27.7. The molecule has 0 bridgehead atoms. The molecule has 0 unspecified atom stereocenters. The second-order valence-electron chi connectivity index (χ2n) is 11.0. The van der Waals surface area contributed by atoms with Gasteiger partial charge in [0.2, 0.25) is 0 Å². The Bertz CT molecular complexity index is 1540. The van der Waals surface area contributed by atoms with Crippen LogP contribution >= 0.6 is 11.3 Å². The van der Waals surface area contributed by atoms with Gasteiger partial charge in [0.1, 0.15) is 22.3 Å². The van der Waals surface area contributed by atoms with Crippen LogP contribution < -0.4 is 5.32 Å². The summed E-state index contributed by atoms with van der Waals surface area (Å²) in [6, 6.07) is 12.2. The van der Waals surface area contributed by atoms with E-state index in [4.69, 9.17) is 13.8 Å². The molecule has 1 amide bonds. The summed E-state index contributed by atoms with van der Waals surface area (Å²) in [4.78, 5) is 30.3. The number of nitro benzene ring substituents is 1. The molecule has 0 radical (unpaired) electrons. The number of amides is 1. The smallest absolute Gasteiger partial charge is 0.273 e. The minimum absolute atomic E-state index is 0.0436. The van der Waals surface area contributed by atoms with E-state index in [1.165, 1.54) is 10.9 Å². The molecule has 1 N–H and O–H groups in total. The molecule has 9 heteroatoms. The SMILES string of the molecule is Cc1ccc(-c2ccc(C=Nc3sc4c(c3C(=O)NCc3ccco3)CC[C@@H](C(C)(C)C)C4)o2)cc1[N+](=O)[O-]. The van der Waals surface area contributed by atoms with E-state index in [0.717, 1.165) is 24.8 Å². The van der Waals surface area contributed by atoms with Crippen LogP contribution in [0.2, 0.25) is 0 Å². The summed E-state index contributed by atoms with van der Waals surface area (Å²) in [5, 5.41) is 15.0. The highest BCUT2D eigenvalue weighted by Gasteiger charge is 2.33. The van der Waals surface area contributed by atoms with Gasteiger partial charge in [0, 0.05) is 22.1 Å². The summed E-state index contributed by atoms with van der Waals surface area (Å²) in [6.45, 7) is 8.81. The fourth-order valence-electron chi connectivity index (χ4n) is 4.96. The molecule has 1 aliphatic rings. The number of nitro groups is 1. The number of aryl methyl sites for hydroxylation is 1. The van der Waals surface area contributed by atoms with Crippen molar-refractivity contribution in [3.63, 3.8) is 0 Å². The van der Waals surface area contributed by atoms with Crippen molar-refractivity contribution in [1.29, 1.82) is 0 Å². The molecule has 1 aromatic carbocycles. The molecule has 202 valence electrons. The number of rotatable bonds is 7. The average molecular weight is 546 g/mol. The lowest BCUT2D eigenvalue weighted by Gasteiger charge is -2.33. The summed E-state index contributed by atoms with van der Waals surface area (Å²) >= 11 is 1.56. The van der Waals surface area contributed by atoms with Crippen LogP contribution in [-0.4, -0.2) is 17.0 Å². The third-order valence-corrected chi connectivity index (χ3v) is 8.49. The molecule has 0 spiro atoms. The predicted octanol–water partition coefficient (Wildman–Crippen LogP) is 7.65. The molecular weight excluding hydrogens is 514 g/mol. The van der Waals surface area contributed by atoms with Crippen LogP contribution in [0.1, 0.15) is 65.1 Å². The number of nitrogens with one attached hydrogen (secondary N) is 1. The van der Waals surface area contributed by atoms with Crippen molar-refractivity contribution in [3.05, 3.63) is 91.9 Å². The van der Waals surface area contributed by atoms with Crippen LogP contribution in [0.25, 0.3) is 11.3 Å². The molecule has 0 aliphatic heterocycles. The fourth-order valence-corrected chi connectivity index (χ4v) is 6.23. The Morgan fingerprint density at radius 2 is 2.08 bits per heavy atom. The predicted molar refractivity (Wildman–Crippen MR) is 152 cm³/mol. The number of carbonyl (C=O) groups is 1. The molecule has 0 fully saturated rings. The molecule has 39 heavy (non-hydrogen) atoms. The highest BCUT2D eigenvalue weighted by atomic mass is 32.1. The van der Waals surface area contributed by atoms with Gasteiger partial charge in [0.25, 0.3) is 11.6 Å². The average Bonchev–Trinajstić information content (AvgIpc) is 3.65. The first kappa shape index (κ1) is 26.6. The van der Waals surface area contributed by atoms with E-state index >= 15 is 0 Å². The summed E-state index contributed by atoms with van der Waals surface area (Å²) in [7, 11) is 0. The Labute approximate surface area is 230 Å². The van der Waals surface area contributed by atoms with Gasteiger partial charge < -0.3 is 14.2 Å². The van der Waals surface area contributed by atoms with Gasteiger partial charge in [-0.1, -0.05) is 32.9 Å². The number of thiophene rings is 1. The lowest BCUT2D eigenvalue weighted by Crippen LogP contribution is -2.28. The van der Waals surface area contributed by atoms with Gasteiger partial charge in [-0.15, -0.1) is 11.3 Å². The van der Waals surface area contributed by atoms with Gasteiger partial charge in [-0.3, -0.25) is 14.9 Å². The second-order valence-corrected chi connectivity index (χ2v) is 12.1. The van der Waals surface area contributed by atoms with Gasteiger partial charge in [0.15, 0.2) is 0 Å². The number of nitrogens with zero attached hydrogens (tertiary/aromatic N) is 2. The highest BCUT2D eigenvalue weighted by molar-refractivity contribution is 7.16. The lowest BCUT2D eigenvalue weighted by molar-refractivity contribution is -0.385. The molecule has 3 heterocycles. The molecular formula is C30H31N3O5S. The number of benzene rings is 1. The van der Waals surface area contributed by atoms with Gasteiger partial charge in [0.05, 0.1) is 29.5 Å². The molecule has 1 atom stereocenters. The molecule has 3 aromatic heterocycles. The van der Waals surface area contributed by atoms with Crippen LogP contribution in [-0.2, 0) is 19.4 Å². The summed E-state index contributed by atoms with van der Waals surface area (Å²) < 4.78 is 11.3. The molecule has 4 aromatic rings. The van der Waals surface area contributed by atoms with Crippen molar-refractivity contribution >= 4 is 34.1 Å². The lowest BCUT2D eigenvalue weighted by atomic mass is 9.72. The molecule has 0 saturated heterocycles. The van der Waals surface area contributed by atoms with Gasteiger partial charge in [-0.2, -0.15) is 0 Å². The van der Waals surface area contributed by atoms with Crippen LogP contribution in [0.4, 0.5) is 10.7 Å². The third kappa shape index (κ3) is 5.73. The summed E-state index contributed by atoms with van der Waals surface area (Å²) in [5.74, 6) is 2.05. The zero-order valence-corrected chi connectivity index (χ0v) is 23.3. The Balaban J connectivity index is 1.43. The Morgan fingerprint density at radius 3 is 2.79 bits per heavy atom. The van der Waals surface area contributed by atoms with Crippen LogP contribution in [0.15, 0.2) is 62.6 Å². The highest BCUT2D eigenvalue weighted by Crippen LogP contribution is 2.45. The maximum absolute atomic E-state index is 13.4. The first-order chi connectivity index (χ1) is 18.6. The molecule has 1 aliphatic carbocycles. The monoisotopic (exact) mass is 545 g/mol. The summed E-state index contributed by atoms with van der Waals surface area (Å²) in [6.07, 6.45) is 5.98. The number of hydrogen-bond acceptors (Lipinski definition) is 7. The number of furan rings is 2. The van der Waals surface area contributed by atoms with E-state index in [9.17, 15) is 14.9 Å². The molecule has 8 nitrogen and oxygen atoms in total. The minimum Gasteiger partial charge on any atom is -0.467 e. The fraction of sp³-hybridized carbons (Fsp3) is 0.333. The van der Waals surface area contributed by atoms with Gasteiger partial charge in [-0.25, -0.2) is 4.99 Å². The van der Waals surface area contributed by atoms with E-state index in [1.807, 2.05) is 6.07 Å². The maximum atomic E-state index is 13.4. The molecule has 0 saturated carbocycles. The standard InChI is InChI=1S/C30H31N3O5S/c1-18-7-8-19(14-24(18)33(35)36)25-12-10-22(38-25)17-32-29-27(28(34)31-16-21-6-5-13-37-21)23-11-9-20(30(2,3)4)15-26(23)39-29/h5-8,10,12-14,17,20H,9,11,15-16H2,1-4H3,(H,31,34)/t20-/m1/s1. The Morgan fingerprint density at radius 1 is 1.26 bits per heavy atom. The molecule has 5 rings (SSSR count). The Kier molecular flexibility index (Phi) is 7.27. The number of hydrogen-bond donors (Lipinski definition) is 1. The van der Waals surface area contributed by atoms with Crippen LogP contribution in [0, 0.1) is 28.4 Å². The van der Waals surface area contributed by atoms with Crippen LogP contribution in [0.5, 0.6) is 0 Å². The quantitative estimate of drug-likeness (QED) is 0.146. The van der Waals surface area contributed by atoms with E-state index in [2.05, 4.69) is 26.1 Å². The largest absolute Gasteiger partial charge is 0.467 e. The van der Waals surface area contributed by atoms with Crippen molar-refractivity contribution in [2.45, 2.75) is 53.5 Å². The number of fused-ring (bicyclic) bond motifs is 1. The van der Waals surface area contributed by atoms with Crippen molar-refractivity contribution in [3.8, 4) is 11.3 Å². The van der Waals surface area contributed by atoms with Crippen molar-refractivity contribution in [2.75, 3.05) is 0 Å². The van der Waals surface area contributed by atoms with E-state index in [0.29, 0.717) is 51.4 Å². The van der Waals surface area contributed by atoms with Crippen molar-refractivity contribution < 1.29 is 18.6 Å². The number of carbonyl (C=O) groups excluding carboxylic acids is 1. The van der Waals surface area contributed by atoms with Gasteiger partial charge >= 0.3 is 0 Å². The second kappa shape index (κ2) is 10.6. The van der Waals surface area contributed by atoms with Crippen molar-refractivity contribution in [2.24, 2.45) is 16.3 Å². The topological polar surface area (TPSA) is 111 Å². The van der Waals surface area contributed by atoms with E-state index in [-0.39, 0.29) is 17.0 Å². The zero-order valence-electron chi connectivity index (χ0n) is 22.4. The number of aliphatic imine (C=N–C) groups is 1. The Hall–Kier alpha value is -3.98.